The number of halogens is 3. The molecule has 2 aliphatic carbocycles. The van der Waals surface area contributed by atoms with Gasteiger partial charge in [0, 0.05) is 29.2 Å². The molecule has 2 fully saturated rings. The summed E-state index contributed by atoms with van der Waals surface area (Å²) in [6.45, 7) is 2.64. The Balaban J connectivity index is 1.42. The van der Waals surface area contributed by atoms with Crippen molar-refractivity contribution in [3.8, 4) is 11.4 Å². The van der Waals surface area contributed by atoms with Gasteiger partial charge >= 0.3 is 12.1 Å². The van der Waals surface area contributed by atoms with Crippen LogP contribution in [0.5, 0.6) is 0 Å². The van der Waals surface area contributed by atoms with Gasteiger partial charge in [0.2, 0.25) is 5.82 Å². The van der Waals surface area contributed by atoms with Crippen molar-refractivity contribution in [2.45, 2.75) is 50.9 Å². The second kappa shape index (κ2) is 6.88. The molecule has 1 aromatic carbocycles. The van der Waals surface area contributed by atoms with Crippen molar-refractivity contribution in [2.24, 2.45) is 5.41 Å². The van der Waals surface area contributed by atoms with Gasteiger partial charge in [-0.05, 0) is 38.3 Å². The minimum atomic E-state index is -4.69. The molecule has 2 atom stereocenters. The van der Waals surface area contributed by atoms with Gasteiger partial charge in [-0.1, -0.05) is 23.7 Å². The molecular formula is C19H20F3N3O3. The molecule has 150 valence electrons. The maximum Gasteiger partial charge on any atom is 0.471 e. The van der Waals surface area contributed by atoms with Crippen LogP contribution in [0.15, 0.2) is 28.8 Å². The molecule has 0 aliphatic heterocycles. The molecule has 6 nitrogen and oxygen atoms in total. The highest BCUT2D eigenvalue weighted by molar-refractivity contribution is 5.95. The van der Waals surface area contributed by atoms with Crippen LogP contribution in [0.1, 0.15) is 48.9 Å². The van der Waals surface area contributed by atoms with Crippen molar-refractivity contribution >= 4 is 5.91 Å². The highest BCUT2D eigenvalue weighted by Gasteiger charge is 2.59. The topological polar surface area (TPSA) is 77.2 Å². The van der Waals surface area contributed by atoms with Crippen molar-refractivity contribution in [1.29, 1.82) is 0 Å². The fraction of sp³-hybridized carbons (Fsp3) is 0.526. The molecule has 2 aliphatic rings. The minimum Gasteiger partial charge on any atom is -0.378 e. The van der Waals surface area contributed by atoms with Crippen LogP contribution in [0.25, 0.3) is 11.4 Å². The predicted molar refractivity (Wildman–Crippen MR) is 92.3 cm³/mol. The summed E-state index contributed by atoms with van der Waals surface area (Å²) in [7, 11) is 0. The number of benzene rings is 1. The van der Waals surface area contributed by atoms with Gasteiger partial charge in [0.1, 0.15) is 0 Å². The van der Waals surface area contributed by atoms with E-state index in [1.54, 1.807) is 12.1 Å². The maximum atomic E-state index is 12.6. The summed E-state index contributed by atoms with van der Waals surface area (Å²) in [4.78, 5) is 15.9. The van der Waals surface area contributed by atoms with E-state index in [4.69, 9.17) is 4.74 Å². The number of hydrogen-bond donors (Lipinski definition) is 1. The Morgan fingerprint density at radius 2 is 2.04 bits per heavy atom. The number of amides is 1. The molecule has 1 spiro atoms. The zero-order chi connectivity index (χ0) is 19.9. The van der Waals surface area contributed by atoms with Gasteiger partial charge in [-0.25, -0.2) is 0 Å². The number of hydrogen-bond acceptors (Lipinski definition) is 5. The standard InChI is InChI=1S/C19H20F3N3O3/c1-2-27-14-10-13(18(14)8-3-9-18)23-16(26)12-6-4-11(5-7-12)15-24-17(28-25-15)19(20,21)22/h4-7,13-14H,2-3,8-10H2,1H3,(H,23,26)/t13-,14-/m1/s1. The predicted octanol–water partition coefficient (Wildman–Crippen LogP) is 3.83. The molecular weight excluding hydrogens is 375 g/mol. The highest BCUT2D eigenvalue weighted by Crippen LogP contribution is 2.57. The summed E-state index contributed by atoms with van der Waals surface area (Å²) < 4.78 is 47.7. The third kappa shape index (κ3) is 3.17. The van der Waals surface area contributed by atoms with Crippen LogP contribution < -0.4 is 5.32 Å². The summed E-state index contributed by atoms with van der Waals surface area (Å²) in [6, 6.07) is 6.18. The molecule has 1 aromatic heterocycles. The van der Waals surface area contributed by atoms with E-state index in [2.05, 4.69) is 20.0 Å². The van der Waals surface area contributed by atoms with Gasteiger partial charge in [0.05, 0.1) is 6.10 Å². The number of nitrogens with one attached hydrogen (secondary N) is 1. The van der Waals surface area contributed by atoms with E-state index in [9.17, 15) is 18.0 Å². The SMILES string of the molecule is CCO[C@@H]1C[C@@H](NC(=O)c2ccc(-c3noc(C(F)(F)F)n3)cc2)C12CCC2. The number of carbonyl (C=O) groups is 1. The molecule has 0 saturated heterocycles. The van der Waals surface area contributed by atoms with Crippen molar-refractivity contribution in [1.82, 2.24) is 15.5 Å². The number of alkyl halides is 3. The second-order valence-electron chi connectivity index (χ2n) is 7.29. The number of rotatable bonds is 5. The Hall–Kier alpha value is -2.42. The highest BCUT2D eigenvalue weighted by atomic mass is 19.4. The van der Waals surface area contributed by atoms with Gasteiger partial charge in [-0.2, -0.15) is 18.2 Å². The third-order valence-electron chi connectivity index (χ3n) is 5.82. The summed E-state index contributed by atoms with van der Waals surface area (Å²) in [6.07, 6.45) is -0.414. The van der Waals surface area contributed by atoms with E-state index in [1.807, 2.05) is 6.92 Å². The lowest BCUT2D eigenvalue weighted by atomic mass is 9.51. The third-order valence-corrected chi connectivity index (χ3v) is 5.82. The van der Waals surface area contributed by atoms with E-state index in [-0.39, 0.29) is 29.3 Å². The average molecular weight is 395 g/mol. The average Bonchev–Trinajstić information content (AvgIpc) is 3.10. The molecule has 2 aromatic rings. The Morgan fingerprint density at radius 1 is 1.32 bits per heavy atom. The lowest BCUT2D eigenvalue weighted by Crippen LogP contribution is -2.67. The molecule has 0 unspecified atom stereocenters. The monoisotopic (exact) mass is 395 g/mol. The maximum absolute atomic E-state index is 12.6. The minimum absolute atomic E-state index is 0.0598. The summed E-state index contributed by atoms with van der Waals surface area (Å²) in [5.74, 6) is -1.78. The quantitative estimate of drug-likeness (QED) is 0.833. The van der Waals surface area contributed by atoms with Crippen LogP contribution in [0.4, 0.5) is 13.2 Å². The lowest BCUT2D eigenvalue weighted by Gasteiger charge is -2.61. The van der Waals surface area contributed by atoms with E-state index in [0.29, 0.717) is 17.7 Å². The number of carbonyl (C=O) groups excluding carboxylic acids is 1. The fourth-order valence-corrected chi connectivity index (χ4v) is 4.11. The van der Waals surface area contributed by atoms with Crippen molar-refractivity contribution < 1.29 is 27.2 Å². The Bertz CT molecular complexity index is 859. The number of nitrogens with zero attached hydrogens (tertiary/aromatic N) is 2. The number of ether oxygens (including phenoxy) is 1. The van der Waals surface area contributed by atoms with Gasteiger partial charge in [-0.3, -0.25) is 4.79 Å². The zero-order valence-electron chi connectivity index (χ0n) is 15.3. The molecule has 2 saturated carbocycles. The van der Waals surface area contributed by atoms with Crippen LogP contribution in [0.2, 0.25) is 0 Å². The fourth-order valence-electron chi connectivity index (χ4n) is 4.11. The Kier molecular flexibility index (Phi) is 4.65. The normalized spacial score (nSPS) is 23.1. The summed E-state index contributed by atoms with van der Waals surface area (Å²) in [5.41, 5.74) is 0.827. The molecule has 1 N–H and O–H groups in total. The molecule has 1 heterocycles. The smallest absolute Gasteiger partial charge is 0.378 e. The van der Waals surface area contributed by atoms with E-state index < -0.39 is 12.1 Å². The van der Waals surface area contributed by atoms with Gasteiger partial charge in [0.25, 0.3) is 5.91 Å². The molecule has 0 bridgehead atoms. The first-order valence-electron chi connectivity index (χ1n) is 9.27. The van der Waals surface area contributed by atoms with E-state index >= 15 is 0 Å². The van der Waals surface area contributed by atoms with Crippen LogP contribution in [0, 0.1) is 5.41 Å². The largest absolute Gasteiger partial charge is 0.471 e. The first-order chi connectivity index (χ1) is 13.3. The Morgan fingerprint density at radius 3 is 2.57 bits per heavy atom. The van der Waals surface area contributed by atoms with E-state index in [0.717, 1.165) is 25.7 Å². The van der Waals surface area contributed by atoms with Gasteiger partial charge in [-0.15, -0.1) is 0 Å². The van der Waals surface area contributed by atoms with Crippen LogP contribution >= 0.6 is 0 Å². The van der Waals surface area contributed by atoms with Crippen molar-refractivity contribution in [3.63, 3.8) is 0 Å². The lowest BCUT2D eigenvalue weighted by molar-refractivity contribution is -0.169. The first-order valence-corrected chi connectivity index (χ1v) is 9.27. The van der Waals surface area contributed by atoms with E-state index in [1.165, 1.54) is 12.1 Å². The molecule has 1 amide bonds. The first kappa shape index (κ1) is 18.9. The van der Waals surface area contributed by atoms with Crippen LogP contribution in [-0.4, -0.2) is 34.8 Å². The van der Waals surface area contributed by atoms with Crippen LogP contribution in [-0.2, 0) is 10.9 Å². The number of aromatic nitrogens is 2. The molecule has 0 radical (unpaired) electrons. The Labute approximate surface area is 159 Å². The van der Waals surface area contributed by atoms with Gasteiger partial charge < -0.3 is 14.6 Å². The molecule has 28 heavy (non-hydrogen) atoms. The molecule has 9 heteroatoms. The summed E-state index contributed by atoms with van der Waals surface area (Å²) in [5, 5.41) is 6.42. The van der Waals surface area contributed by atoms with Crippen molar-refractivity contribution in [2.75, 3.05) is 6.61 Å². The molecule has 4 rings (SSSR count). The van der Waals surface area contributed by atoms with Crippen LogP contribution in [0.3, 0.4) is 0 Å². The van der Waals surface area contributed by atoms with Crippen molar-refractivity contribution in [3.05, 3.63) is 35.7 Å². The second-order valence-corrected chi connectivity index (χ2v) is 7.29. The van der Waals surface area contributed by atoms with Gasteiger partial charge in [0.15, 0.2) is 0 Å². The zero-order valence-corrected chi connectivity index (χ0v) is 15.3. The summed E-state index contributed by atoms with van der Waals surface area (Å²) >= 11 is 0.